The second-order valence-electron chi connectivity index (χ2n) is 5.92. The molecule has 0 aliphatic rings. The van der Waals surface area contributed by atoms with Crippen molar-refractivity contribution in [3.8, 4) is 5.75 Å². The van der Waals surface area contributed by atoms with Crippen LogP contribution in [0.5, 0.6) is 5.75 Å². The largest absolute Gasteiger partial charge is 0.573 e. The molecule has 31 heavy (non-hydrogen) atoms. The minimum Gasteiger partial charge on any atom is -0.406 e. The lowest BCUT2D eigenvalue weighted by atomic mass is 10.2. The van der Waals surface area contributed by atoms with Crippen LogP contribution in [0.1, 0.15) is 10.4 Å². The summed E-state index contributed by atoms with van der Waals surface area (Å²) < 4.78 is 91.6. The molecule has 0 aliphatic heterocycles. The van der Waals surface area contributed by atoms with Gasteiger partial charge in [-0.3, -0.25) is 4.79 Å². The maximum Gasteiger partial charge on any atom is 0.573 e. The number of benzene rings is 2. The summed E-state index contributed by atoms with van der Waals surface area (Å²) in [6.45, 7) is 0. The molecule has 0 saturated carbocycles. The van der Waals surface area contributed by atoms with E-state index < -0.39 is 42.1 Å². The normalized spacial score (nSPS) is 12.4. The van der Waals surface area contributed by atoms with Crippen molar-refractivity contribution in [1.82, 2.24) is 4.72 Å². The predicted molar refractivity (Wildman–Crippen MR) is 104 cm³/mol. The number of hydrogen-bond acceptors (Lipinski definition) is 7. The first kappa shape index (κ1) is 22.8. The minimum atomic E-state index is -4.91. The van der Waals surface area contributed by atoms with E-state index in [1.807, 2.05) is 0 Å². The molecule has 3 aromatic rings. The maximum absolute atomic E-state index is 12.6. The highest BCUT2D eigenvalue weighted by molar-refractivity contribution is 7.93. The number of amides is 1. The second-order valence-corrected chi connectivity index (χ2v) is 10.7. The summed E-state index contributed by atoms with van der Waals surface area (Å²) in [5.74, 6) is -1.69. The zero-order chi connectivity index (χ0) is 22.9. The van der Waals surface area contributed by atoms with Crippen LogP contribution < -0.4 is 9.46 Å². The topological polar surface area (TPSA) is 107 Å². The molecule has 0 fully saturated rings. The Hall–Kier alpha value is -2.90. The highest BCUT2D eigenvalue weighted by Gasteiger charge is 2.31. The SMILES string of the molecule is O=C(NS(=O)(=O)c1cc(S(=O)(=O)c2ccccc2)cs1)c1ccc(OC(F)(F)F)cc1. The summed E-state index contributed by atoms with van der Waals surface area (Å²) in [7, 11) is -8.38. The first-order valence-corrected chi connectivity index (χ1v) is 12.0. The van der Waals surface area contributed by atoms with Gasteiger partial charge in [0.25, 0.3) is 15.9 Å². The molecule has 0 unspecified atom stereocenters. The number of alkyl halides is 3. The molecule has 0 atom stereocenters. The number of nitrogens with one attached hydrogen (secondary N) is 1. The van der Waals surface area contributed by atoms with Crippen molar-refractivity contribution in [2.75, 3.05) is 0 Å². The fourth-order valence-corrected chi connectivity index (χ4v) is 6.23. The number of carbonyl (C=O) groups is 1. The van der Waals surface area contributed by atoms with Crippen molar-refractivity contribution < 1.29 is 39.5 Å². The maximum atomic E-state index is 12.6. The molecule has 3 rings (SSSR count). The van der Waals surface area contributed by atoms with E-state index in [4.69, 9.17) is 0 Å². The van der Waals surface area contributed by atoms with Gasteiger partial charge in [-0.05, 0) is 42.5 Å². The Morgan fingerprint density at radius 3 is 2.10 bits per heavy atom. The van der Waals surface area contributed by atoms with Crippen LogP contribution in [0.3, 0.4) is 0 Å². The molecule has 0 saturated heterocycles. The molecule has 0 radical (unpaired) electrons. The van der Waals surface area contributed by atoms with Gasteiger partial charge in [-0.1, -0.05) is 18.2 Å². The Morgan fingerprint density at radius 2 is 1.52 bits per heavy atom. The quantitative estimate of drug-likeness (QED) is 0.565. The Bertz CT molecular complexity index is 1300. The molecule has 0 aliphatic carbocycles. The van der Waals surface area contributed by atoms with Crippen LogP contribution in [0.15, 0.2) is 80.0 Å². The number of halogens is 3. The van der Waals surface area contributed by atoms with E-state index in [2.05, 4.69) is 4.74 Å². The van der Waals surface area contributed by atoms with Gasteiger partial charge in [0.05, 0.1) is 9.79 Å². The predicted octanol–water partition coefficient (Wildman–Crippen LogP) is 3.60. The average molecular weight is 491 g/mol. The Balaban J connectivity index is 1.78. The van der Waals surface area contributed by atoms with Crippen LogP contribution in [-0.2, 0) is 19.9 Å². The van der Waals surface area contributed by atoms with Gasteiger partial charge in [-0.15, -0.1) is 24.5 Å². The third-order valence-electron chi connectivity index (χ3n) is 3.76. The van der Waals surface area contributed by atoms with Crippen molar-refractivity contribution in [3.05, 3.63) is 71.6 Å². The zero-order valence-corrected chi connectivity index (χ0v) is 17.6. The van der Waals surface area contributed by atoms with E-state index in [0.717, 1.165) is 35.7 Å². The lowest BCUT2D eigenvalue weighted by Crippen LogP contribution is -2.30. The molecule has 0 spiro atoms. The van der Waals surface area contributed by atoms with Crippen molar-refractivity contribution in [2.45, 2.75) is 20.4 Å². The highest BCUT2D eigenvalue weighted by atomic mass is 32.2. The number of thiophene rings is 1. The van der Waals surface area contributed by atoms with Crippen LogP contribution in [0.4, 0.5) is 13.2 Å². The van der Waals surface area contributed by atoms with Crippen molar-refractivity contribution in [3.63, 3.8) is 0 Å². The Kier molecular flexibility index (Phi) is 6.11. The van der Waals surface area contributed by atoms with E-state index in [-0.39, 0.29) is 15.4 Å². The van der Waals surface area contributed by atoms with Crippen LogP contribution in [0.2, 0.25) is 0 Å². The molecule has 1 heterocycles. The Morgan fingerprint density at radius 1 is 0.903 bits per heavy atom. The smallest absolute Gasteiger partial charge is 0.406 e. The summed E-state index contributed by atoms with van der Waals surface area (Å²) in [6.07, 6.45) is -4.91. The first-order valence-electron chi connectivity index (χ1n) is 8.20. The first-order chi connectivity index (χ1) is 14.4. The molecule has 1 amide bonds. The fourth-order valence-electron chi connectivity index (χ4n) is 2.36. The van der Waals surface area contributed by atoms with Crippen LogP contribution in [-0.4, -0.2) is 29.1 Å². The van der Waals surface area contributed by atoms with Gasteiger partial charge in [0.1, 0.15) is 9.96 Å². The van der Waals surface area contributed by atoms with Gasteiger partial charge in [-0.2, -0.15) is 0 Å². The van der Waals surface area contributed by atoms with Gasteiger partial charge in [0.2, 0.25) is 9.84 Å². The zero-order valence-electron chi connectivity index (χ0n) is 15.2. The fraction of sp³-hybridized carbons (Fsp3) is 0.0556. The number of rotatable bonds is 6. The monoisotopic (exact) mass is 491 g/mol. The van der Waals surface area contributed by atoms with E-state index >= 15 is 0 Å². The summed E-state index contributed by atoms with van der Waals surface area (Å²) >= 11 is 0.597. The van der Waals surface area contributed by atoms with Crippen LogP contribution in [0, 0.1) is 0 Å². The van der Waals surface area contributed by atoms with Gasteiger partial charge >= 0.3 is 6.36 Å². The molecule has 7 nitrogen and oxygen atoms in total. The van der Waals surface area contributed by atoms with E-state index in [1.54, 1.807) is 10.8 Å². The van der Waals surface area contributed by atoms with Crippen molar-refractivity contribution >= 4 is 37.1 Å². The van der Waals surface area contributed by atoms with Crippen molar-refractivity contribution in [2.24, 2.45) is 0 Å². The number of ether oxygens (including phenoxy) is 1. The highest BCUT2D eigenvalue weighted by Crippen LogP contribution is 2.28. The average Bonchev–Trinajstić information content (AvgIpc) is 3.20. The molecule has 0 bridgehead atoms. The summed E-state index contributed by atoms with van der Waals surface area (Å²) in [5.41, 5.74) is -0.244. The van der Waals surface area contributed by atoms with Crippen LogP contribution in [0.25, 0.3) is 0 Å². The van der Waals surface area contributed by atoms with Crippen molar-refractivity contribution in [1.29, 1.82) is 0 Å². The lowest BCUT2D eigenvalue weighted by Gasteiger charge is -2.09. The summed E-state index contributed by atoms with van der Waals surface area (Å²) in [6, 6.07) is 11.9. The second kappa shape index (κ2) is 8.32. The third kappa shape index (κ3) is 5.42. The van der Waals surface area contributed by atoms with Gasteiger partial charge in [0.15, 0.2) is 0 Å². The Labute approximate surface area is 179 Å². The van der Waals surface area contributed by atoms with E-state index in [0.29, 0.717) is 11.3 Å². The molecule has 1 N–H and O–H groups in total. The van der Waals surface area contributed by atoms with Gasteiger partial charge in [-0.25, -0.2) is 21.6 Å². The van der Waals surface area contributed by atoms with E-state index in [1.165, 1.54) is 24.3 Å². The molecule has 164 valence electrons. The van der Waals surface area contributed by atoms with E-state index in [9.17, 15) is 34.8 Å². The molecule has 2 aromatic carbocycles. The molecule has 1 aromatic heterocycles. The number of sulfonamides is 1. The van der Waals surface area contributed by atoms with Gasteiger partial charge < -0.3 is 4.74 Å². The number of sulfone groups is 1. The lowest BCUT2D eigenvalue weighted by molar-refractivity contribution is -0.274. The minimum absolute atomic E-state index is 0.0260. The molecular formula is C18H12F3NO6S3. The summed E-state index contributed by atoms with van der Waals surface area (Å²) in [4.78, 5) is 11.9. The van der Waals surface area contributed by atoms with Gasteiger partial charge in [0, 0.05) is 10.9 Å². The summed E-state index contributed by atoms with van der Waals surface area (Å²) in [5, 5.41) is 1.13. The number of carbonyl (C=O) groups excluding carboxylic acids is 1. The third-order valence-corrected chi connectivity index (χ3v) is 8.43. The molecule has 13 heteroatoms. The number of hydrogen-bond donors (Lipinski definition) is 1. The standard InChI is InChI=1S/C18H12F3NO6S3/c19-18(20,21)28-13-8-6-12(7-9-13)17(23)22-31(26,27)16-10-15(11-29-16)30(24,25)14-4-2-1-3-5-14/h1-11H,(H,22,23). The molecular weight excluding hydrogens is 479 g/mol. The van der Waals surface area contributed by atoms with Crippen LogP contribution >= 0.6 is 11.3 Å².